The number of carboxylic acids is 1. The summed E-state index contributed by atoms with van der Waals surface area (Å²) in [6, 6.07) is 6.94. The number of nitrogens with one attached hydrogen (secondary N) is 2. The second-order valence-corrected chi connectivity index (χ2v) is 4.88. The van der Waals surface area contributed by atoms with Crippen molar-refractivity contribution >= 4 is 17.7 Å². The summed E-state index contributed by atoms with van der Waals surface area (Å²) < 4.78 is 0. The Labute approximate surface area is 112 Å². The maximum Gasteiger partial charge on any atom is 0.319 e. The highest BCUT2D eigenvalue weighted by Gasteiger charge is 2.36. The highest BCUT2D eigenvalue weighted by atomic mass is 16.4. The first kappa shape index (κ1) is 13.4. The molecule has 19 heavy (non-hydrogen) atoms. The molecule has 2 amide bonds. The molecule has 0 aliphatic heterocycles. The third-order valence-corrected chi connectivity index (χ3v) is 3.30. The van der Waals surface area contributed by atoms with Crippen LogP contribution in [0.1, 0.15) is 25.3 Å². The zero-order valence-electron chi connectivity index (χ0n) is 10.8. The van der Waals surface area contributed by atoms with Crippen LogP contribution in [-0.4, -0.2) is 23.1 Å². The van der Waals surface area contributed by atoms with Gasteiger partial charge in [-0.25, -0.2) is 4.79 Å². The van der Waals surface area contributed by atoms with Gasteiger partial charge in [0.1, 0.15) is 0 Å². The molecule has 5 heteroatoms. The SMILES string of the molecule is CCC1CC1NC(=O)Nc1cccc(CC(=O)O)c1. The lowest BCUT2D eigenvalue weighted by molar-refractivity contribution is -0.136. The molecule has 2 atom stereocenters. The summed E-state index contributed by atoms with van der Waals surface area (Å²) in [5, 5.41) is 14.3. The van der Waals surface area contributed by atoms with E-state index in [9.17, 15) is 9.59 Å². The van der Waals surface area contributed by atoms with Crippen molar-refractivity contribution < 1.29 is 14.7 Å². The maximum atomic E-state index is 11.7. The molecule has 3 N–H and O–H groups in total. The Kier molecular flexibility index (Phi) is 4.04. The fraction of sp³-hybridized carbons (Fsp3) is 0.429. The van der Waals surface area contributed by atoms with E-state index in [2.05, 4.69) is 17.6 Å². The average molecular weight is 262 g/mol. The molecule has 5 nitrogen and oxygen atoms in total. The minimum absolute atomic E-state index is 0.0440. The van der Waals surface area contributed by atoms with Gasteiger partial charge in [0.25, 0.3) is 0 Å². The van der Waals surface area contributed by atoms with Crippen molar-refractivity contribution in [3.63, 3.8) is 0 Å². The number of hydrogen-bond acceptors (Lipinski definition) is 2. The Morgan fingerprint density at radius 3 is 2.84 bits per heavy atom. The molecular weight excluding hydrogens is 244 g/mol. The van der Waals surface area contributed by atoms with Crippen LogP contribution in [-0.2, 0) is 11.2 Å². The Morgan fingerprint density at radius 2 is 2.21 bits per heavy atom. The number of benzene rings is 1. The van der Waals surface area contributed by atoms with E-state index in [4.69, 9.17) is 5.11 Å². The van der Waals surface area contributed by atoms with Gasteiger partial charge in [-0.2, -0.15) is 0 Å². The van der Waals surface area contributed by atoms with Gasteiger partial charge in [-0.1, -0.05) is 25.5 Å². The standard InChI is InChI=1S/C14H18N2O3/c1-2-10-8-12(10)16-14(19)15-11-5-3-4-9(6-11)7-13(17)18/h3-6,10,12H,2,7-8H2,1H3,(H,17,18)(H2,15,16,19). The number of carbonyl (C=O) groups excluding carboxylic acids is 1. The number of amides is 2. The molecule has 1 saturated carbocycles. The molecule has 2 unspecified atom stereocenters. The molecule has 0 radical (unpaired) electrons. The molecule has 1 fully saturated rings. The molecule has 2 rings (SSSR count). The first-order chi connectivity index (χ1) is 9.08. The van der Waals surface area contributed by atoms with E-state index in [0.717, 1.165) is 12.8 Å². The molecule has 1 aromatic rings. The van der Waals surface area contributed by atoms with Gasteiger partial charge in [0.05, 0.1) is 6.42 Å². The van der Waals surface area contributed by atoms with Gasteiger partial charge in [-0.15, -0.1) is 0 Å². The number of rotatable bonds is 5. The average Bonchev–Trinajstić information content (AvgIpc) is 3.06. The number of anilines is 1. The third-order valence-electron chi connectivity index (χ3n) is 3.30. The Bertz CT molecular complexity index is 487. The van der Waals surface area contributed by atoms with Crippen molar-refractivity contribution in [2.75, 3.05) is 5.32 Å². The Morgan fingerprint density at radius 1 is 1.42 bits per heavy atom. The Hall–Kier alpha value is -2.04. The topological polar surface area (TPSA) is 78.4 Å². The van der Waals surface area contributed by atoms with Crippen LogP contribution in [0.25, 0.3) is 0 Å². The predicted molar refractivity (Wildman–Crippen MR) is 72.1 cm³/mol. The van der Waals surface area contributed by atoms with Gasteiger partial charge in [0.2, 0.25) is 0 Å². The fourth-order valence-electron chi connectivity index (χ4n) is 2.14. The van der Waals surface area contributed by atoms with E-state index in [-0.39, 0.29) is 18.5 Å². The largest absolute Gasteiger partial charge is 0.481 e. The van der Waals surface area contributed by atoms with E-state index in [1.165, 1.54) is 0 Å². The van der Waals surface area contributed by atoms with Gasteiger partial charge in [0.15, 0.2) is 0 Å². The zero-order chi connectivity index (χ0) is 13.8. The van der Waals surface area contributed by atoms with Gasteiger partial charge in [-0.05, 0) is 30.0 Å². The quantitative estimate of drug-likeness (QED) is 0.761. The van der Waals surface area contributed by atoms with Gasteiger partial charge >= 0.3 is 12.0 Å². The normalized spacial score (nSPS) is 20.7. The summed E-state index contributed by atoms with van der Waals surface area (Å²) in [7, 11) is 0. The van der Waals surface area contributed by atoms with Crippen molar-refractivity contribution in [2.45, 2.75) is 32.2 Å². The van der Waals surface area contributed by atoms with Crippen molar-refractivity contribution in [1.29, 1.82) is 0 Å². The second kappa shape index (κ2) is 5.73. The monoisotopic (exact) mass is 262 g/mol. The van der Waals surface area contributed by atoms with Gasteiger partial charge in [0, 0.05) is 11.7 Å². The van der Waals surface area contributed by atoms with E-state index in [1.807, 2.05) is 0 Å². The molecule has 1 aliphatic rings. The molecular formula is C14H18N2O3. The summed E-state index contributed by atoms with van der Waals surface area (Å²) >= 11 is 0. The lowest BCUT2D eigenvalue weighted by atomic mass is 10.1. The Balaban J connectivity index is 1.88. The lowest BCUT2D eigenvalue weighted by Crippen LogP contribution is -2.31. The molecule has 0 saturated heterocycles. The molecule has 1 aliphatic carbocycles. The van der Waals surface area contributed by atoms with Crippen molar-refractivity contribution in [3.8, 4) is 0 Å². The first-order valence-electron chi connectivity index (χ1n) is 6.46. The molecule has 0 bridgehead atoms. The van der Waals surface area contributed by atoms with Crippen molar-refractivity contribution in [1.82, 2.24) is 5.32 Å². The molecule has 102 valence electrons. The molecule has 0 spiro atoms. The summed E-state index contributed by atoms with van der Waals surface area (Å²) in [4.78, 5) is 22.3. The molecule has 0 aromatic heterocycles. The highest BCUT2D eigenvalue weighted by molar-refractivity contribution is 5.89. The number of hydrogen-bond donors (Lipinski definition) is 3. The van der Waals surface area contributed by atoms with Crippen LogP contribution in [0.5, 0.6) is 0 Å². The smallest absolute Gasteiger partial charge is 0.319 e. The number of urea groups is 1. The van der Waals surface area contributed by atoms with Crippen LogP contribution < -0.4 is 10.6 Å². The fourth-order valence-corrected chi connectivity index (χ4v) is 2.14. The van der Waals surface area contributed by atoms with Gasteiger partial charge < -0.3 is 15.7 Å². The second-order valence-electron chi connectivity index (χ2n) is 4.88. The summed E-state index contributed by atoms with van der Waals surface area (Å²) in [5.41, 5.74) is 1.29. The zero-order valence-corrected chi connectivity index (χ0v) is 10.8. The number of carbonyl (C=O) groups is 2. The lowest BCUT2D eigenvalue weighted by Gasteiger charge is -2.08. The van der Waals surface area contributed by atoms with Crippen LogP contribution in [0.2, 0.25) is 0 Å². The van der Waals surface area contributed by atoms with E-state index < -0.39 is 5.97 Å². The van der Waals surface area contributed by atoms with Crippen LogP contribution in [0.15, 0.2) is 24.3 Å². The van der Waals surface area contributed by atoms with E-state index in [0.29, 0.717) is 17.2 Å². The molecule has 1 aromatic carbocycles. The van der Waals surface area contributed by atoms with Crippen LogP contribution >= 0.6 is 0 Å². The number of carboxylic acid groups (broad SMARTS) is 1. The highest BCUT2D eigenvalue weighted by Crippen LogP contribution is 2.33. The van der Waals surface area contributed by atoms with Gasteiger partial charge in [-0.3, -0.25) is 4.79 Å². The minimum Gasteiger partial charge on any atom is -0.481 e. The summed E-state index contributed by atoms with van der Waals surface area (Å²) in [6.07, 6.45) is 2.08. The van der Waals surface area contributed by atoms with Crippen LogP contribution in [0.4, 0.5) is 10.5 Å². The molecule has 0 heterocycles. The third kappa shape index (κ3) is 3.98. The van der Waals surface area contributed by atoms with Crippen LogP contribution in [0, 0.1) is 5.92 Å². The predicted octanol–water partition coefficient (Wildman–Crippen LogP) is 2.23. The maximum absolute atomic E-state index is 11.7. The van der Waals surface area contributed by atoms with Crippen LogP contribution in [0.3, 0.4) is 0 Å². The van der Waals surface area contributed by atoms with Crippen molar-refractivity contribution in [3.05, 3.63) is 29.8 Å². The first-order valence-corrected chi connectivity index (χ1v) is 6.46. The summed E-state index contributed by atoms with van der Waals surface area (Å²) in [6.45, 7) is 2.11. The minimum atomic E-state index is -0.884. The van der Waals surface area contributed by atoms with E-state index >= 15 is 0 Å². The summed E-state index contributed by atoms with van der Waals surface area (Å²) in [5.74, 6) is -0.283. The van der Waals surface area contributed by atoms with Crippen molar-refractivity contribution in [2.24, 2.45) is 5.92 Å². The number of aliphatic carboxylic acids is 1. The van der Waals surface area contributed by atoms with E-state index in [1.54, 1.807) is 24.3 Å².